The molecular weight excluding hydrogens is 166 g/mol. The molecule has 0 aromatic heterocycles. The molecule has 0 saturated heterocycles. The van der Waals surface area contributed by atoms with Crippen LogP contribution in [0.2, 0.25) is 0 Å². The third kappa shape index (κ3) is 3.79. The molecule has 4 nitrogen and oxygen atoms in total. The van der Waals surface area contributed by atoms with Gasteiger partial charge >= 0.3 is 6.03 Å². The highest BCUT2D eigenvalue weighted by Crippen LogP contribution is 2.02. The van der Waals surface area contributed by atoms with E-state index in [1.54, 1.807) is 19.0 Å². The molecule has 0 saturated carbocycles. The van der Waals surface area contributed by atoms with Crippen molar-refractivity contribution in [2.45, 2.75) is 26.3 Å². The number of carbonyl (C=O) groups is 1. The minimum absolute atomic E-state index is 0.0368. The molecule has 0 atom stereocenters. The SMILES string of the molecule is CC(C)N(CCC#N)C(=O)N(C)C. The first-order valence-corrected chi connectivity index (χ1v) is 4.35. The number of nitriles is 1. The predicted octanol–water partition coefficient (Wildman–Crippen LogP) is 1.29. The Morgan fingerprint density at radius 3 is 2.31 bits per heavy atom. The number of hydrogen-bond donors (Lipinski definition) is 0. The molecule has 0 spiro atoms. The Hall–Kier alpha value is -1.24. The van der Waals surface area contributed by atoms with Gasteiger partial charge in [-0.15, -0.1) is 0 Å². The second-order valence-electron chi connectivity index (χ2n) is 3.37. The van der Waals surface area contributed by atoms with E-state index in [0.29, 0.717) is 13.0 Å². The van der Waals surface area contributed by atoms with Gasteiger partial charge in [-0.2, -0.15) is 5.26 Å². The number of urea groups is 1. The molecule has 13 heavy (non-hydrogen) atoms. The Bertz CT molecular complexity index is 205. The van der Waals surface area contributed by atoms with Crippen molar-refractivity contribution in [2.75, 3.05) is 20.6 Å². The summed E-state index contributed by atoms with van der Waals surface area (Å²) in [5.41, 5.74) is 0. The van der Waals surface area contributed by atoms with Gasteiger partial charge in [-0.25, -0.2) is 4.79 Å². The van der Waals surface area contributed by atoms with E-state index < -0.39 is 0 Å². The van der Waals surface area contributed by atoms with Crippen LogP contribution < -0.4 is 0 Å². The van der Waals surface area contributed by atoms with Crippen molar-refractivity contribution in [1.82, 2.24) is 9.80 Å². The molecule has 4 heteroatoms. The number of amides is 2. The average Bonchev–Trinajstić information content (AvgIpc) is 2.04. The van der Waals surface area contributed by atoms with Crippen LogP contribution in [0.15, 0.2) is 0 Å². The lowest BCUT2D eigenvalue weighted by Crippen LogP contribution is -2.43. The van der Waals surface area contributed by atoms with Crippen molar-refractivity contribution in [2.24, 2.45) is 0 Å². The topological polar surface area (TPSA) is 47.3 Å². The van der Waals surface area contributed by atoms with Crippen LogP contribution in [-0.4, -0.2) is 42.5 Å². The molecule has 0 radical (unpaired) electrons. The number of carbonyl (C=O) groups excluding carboxylic acids is 1. The van der Waals surface area contributed by atoms with Gasteiger partial charge in [0.1, 0.15) is 0 Å². The van der Waals surface area contributed by atoms with Gasteiger partial charge in [0, 0.05) is 26.7 Å². The number of hydrogen-bond acceptors (Lipinski definition) is 2. The van der Waals surface area contributed by atoms with E-state index in [1.165, 1.54) is 4.90 Å². The molecule has 0 bridgehead atoms. The van der Waals surface area contributed by atoms with Crippen LogP contribution in [-0.2, 0) is 0 Å². The first-order chi connectivity index (χ1) is 6.00. The fraction of sp³-hybridized carbons (Fsp3) is 0.778. The third-order valence-electron chi connectivity index (χ3n) is 1.72. The Kier molecular flexibility index (Phi) is 4.90. The van der Waals surface area contributed by atoms with Gasteiger partial charge in [0.15, 0.2) is 0 Å². The summed E-state index contributed by atoms with van der Waals surface area (Å²) in [4.78, 5) is 14.7. The Labute approximate surface area is 79.7 Å². The fourth-order valence-electron chi connectivity index (χ4n) is 1.00. The zero-order valence-electron chi connectivity index (χ0n) is 8.74. The van der Waals surface area contributed by atoms with E-state index in [9.17, 15) is 4.79 Å². The summed E-state index contributed by atoms with van der Waals surface area (Å²) in [6, 6.07) is 2.14. The van der Waals surface area contributed by atoms with Gasteiger partial charge in [-0.1, -0.05) is 0 Å². The zero-order valence-corrected chi connectivity index (χ0v) is 8.74. The van der Waals surface area contributed by atoms with Crippen LogP contribution in [0.1, 0.15) is 20.3 Å². The summed E-state index contributed by atoms with van der Waals surface area (Å²) >= 11 is 0. The molecule has 2 amide bonds. The Morgan fingerprint density at radius 1 is 1.46 bits per heavy atom. The predicted molar refractivity (Wildman–Crippen MR) is 51.2 cm³/mol. The largest absolute Gasteiger partial charge is 0.331 e. The van der Waals surface area contributed by atoms with Crippen molar-refractivity contribution in [1.29, 1.82) is 5.26 Å². The molecule has 0 fully saturated rings. The molecule has 0 aliphatic heterocycles. The van der Waals surface area contributed by atoms with Gasteiger partial charge in [0.2, 0.25) is 0 Å². The maximum atomic E-state index is 11.5. The zero-order chi connectivity index (χ0) is 10.4. The van der Waals surface area contributed by atoms with Gasteiger partial charge < -0.3 is 9.80 Å². The maximum absolute atomic E-state index is 11.5. The highest BCUT2D eigenvalue weighted by Gasteiger charge is 2.17. The Morgan fingerprint density at radius 2 is 2.00 bits per heavy atom. The smallest absolute Gasteiger partial charge is 0.319 e. The van der Waals surface area contributed by atoms with E-state index >= 15 is 0 Å². The molecule has 0 unspecified atom stereocenters. The lowest BCUT2D eigenvalue weighted by molar-refractivity contribution is 0.158. The molecule has 0 heterocycles. The lowest BCUT2D eigenvalue weighted by Gasteiger charge is -2.28. The van der Waals surface area contributed by atoms with Crippen LogP contribution in [0.5, 0.6) is 0 Å². The molecular formula is C9H17N3O. The van der Waals surface area contributed by atoms with Crippen LogP contribution in [0.3, 0.4) is 0 Å². The summed E-state index contributed by atoms with van der Waals surface area (Å²) in [7, 11) is 3.42. The molecule has 0 aliphatic carbocycles. The molecule has 0 aromatic carbocycles. The second kappa shape index (κ2) is 5.41. The summed E-state index contributed by atoms with van der Waals surface area (Å²) < 4.78 is 0. The first-order valence-electron chi connectivity index (χ1n) is 4.35. The second-order valence-corrected chi connectivity index (χ2v) is 3.37. The lowest BCUT2D eigenvalue weighted by atomic mass is 10.3. The number of rotatable bonds is 3. The quantitative estimate of drug-likeness (QED) is 0.662. The van der Waals surface area contributed by atoms with E-state index in [2.05, 4.69) is 0 Å². The third-order valence-corrected chi connectivity index (χ3v) is 1.72. The maximum Gasteiger partial charge on any atom is 0.319 e. The summed E-state index contributed by atoms with van der Waals surface area (Å²) in [6.07, 6.45) is 0.387. The van der Waals surface area contributed by atoms with Crippen molar-refractivity contribution in [3.05, 3.63) is 0 Å². The summed E-state index contributed by atoms with van der Waals surface area (Å²) in [5, 5.41) is 8.42. The molecule has 0 aromatic rings. The van der Waals surface area contributed by atoms with Gasteiger partial charge in [0.05, 0.1) is 12.5 Å². The first kappa shape index (κ1) is 11.8. The minimum atomic E-state index is -0.0368. The number of nitrogens with zero attached hydrogens (tertiary/aromatic N) is 3. The van der Waals surface area contributed by atoms with Crippen molar-refractivity contribution in [3.8, 4) is 6.07 Å². The van der Waals surface area contributed by atoms with Crippen LogP contribution >= 0.6 is 0 Å². The summed E-state index contributed by atoms with van der Waals surface area (Å²) in [6.45, 7) is 4.39. The molecule has 0 aliphatic rings. The monoisotopic (exact) mass is 183 g/mol. The molecule has 0 rings (SSSR count). The van der Waals surface area contributed by atoms with Crippen LogP contribution in [0.4, 0.5) is 4.79 Å². The van der Waals surface area contributed by atoms with Gasteiger partial charge in [0.25, 0.3) is 0 Å². The average molecular weight is 183 g/mol. The van der Waals surface area contributed by atoms with Gasteiger partial charge in [-0.05, 0) is 13.8 Å². The normalized spacial score (nSPS) is 9.54. The standard InChI is InChI=1S/C9H17N3O/c1-8(2)12(7-5-6-10)9(13)11(3)4/h8H,5,7H2,1-4H3. The van der Waals surface area contributed by atoms with E-state index in [4.69, 9.17) is 5.26 Å². The highest BCUT2D eigenvalue weighted by molar-refractivity contribution is 5.74. The van der Waals surface area contributed by atoms with E-state index in [0.717, 1.165) is 0 Å². The van der Waals surface area contributed by atoms with Crippen molar-refractivity contribution >= 4 is 6.03 Å². The highest BCUT2D eigenvalue weighted by atomic mass is 16.2. The van der Waals surface area contributed by atoms with E-state index in [1.807, 2.05) is 19.9 Å². The van der Waals surface area contributed by atoms with E-state index in [-0.39, 0.29) is 12.1 Å². The summed E-state index contributed by atoms with van der Waals surface area (Å²) in [5.74, 6) is 0. The Balaban J connectivity index is 4.26. The van der Waals surface area contributed by atoms with Crippen molar-refractivity contribution < 1.29 is 4.79 Å². The van der Waals surface area contributed by atoms with Gasteiger partial charge in [-0.3, -0.25) is 0 Å². The van der Waals surface area contributed by atoms with Crippen LogP contribution in [0.25, 0.3) is 0 Å². The molecule has 0 N–H and O–H groups in total. The van der Waals surface area contributed by atoms with Crippen molar-refractivity contribution in [3.63, 3.8) is 0 Å². The fourth-order valence-corrected chi connectivity index (χ4v) is 1.00. The van der Waals surface area contributed by atoms with Crippen LogP contribution in [0, 0.1) is 11.3 Å². The minimum Gasteiger partial charge on any atom is -0.331 e. The molecule has 74 valence electrons.